The number of benzene rings is 3. The summed E-state index contributed by atoms with van der Waals surface area (Å²) in [6, 6.07) is 22.8. The van der Waals surface area contributed by atoms with Gasteiger partial charge in [-0.05, 0) is 129 Å². The molecular formula is C40H43N3O6S. The van der Waals surface area contributed by atoms with E-state index in [9.17, 15) is 19.2 Å². The summed E-state index contributed by atoms with van der Waals surface area (Å²) in [6.45, 7) is 1.54. The van der Waals surface area contributed by atoms with Crippen LogP contribution in [0.3, 0.4) is 0 Å². The summed E-state index contributed by atoms with van der Waals surface area (Å²) in [6.07, 6.45) is 9.25. The molecule has 6 rings (SSSR count). The molecule has 1 fully saturated rings. The highest BCUT2D eigenvalue weighted by Gasteiger charge is 2.29. The maximum absolute atomic E-state index is 13.8. The summed E-state index contributed by atoms with van der Waals surface area (Å²) >= 11 is 1.50. The molecule has 0 bridgehead atoms. The van der Waals surface area contributed by atoms with Gasteiger partial charge in [-0.1, -0.05) is 36.4 Å². The third-order valence-corrected chi connectivity index (χ3v) is 10.7. The van der Waals surface area contributed by atoms with Crippen molar-refractivity contribution in [2.24, 2.45) is 0 Å². The van der Waals surface area contributed by atoms with E-state index in [1.807, 2.05) is 54.6 Å². The average molecular weight is 694 g/mol. The third kappa shape index (κ3) is 9.25. The third-order valence-electron chi connectivity index (χ3n) is 9.46. The van der Waals surface area contributed by atoms with Crippen molar-refractivity contribution in [1.82, 2.24) is 4.90 Å². The van der Waals surface area contributed by atoms with Gasteiger partial charge in [0.05, 0.1) is 11.1 Å². The van der Waals surface area contributed by atoms with E-state index >= 15 is 0 Å². The molecule has 2 aliphatic rings. The van der Waals surface area contributed by atoms with Crippen molar-refractivity contribution in [3.05, 3.63) is 117 Å². The predicted molar refractivity (Wildman–Crippen MR) is 195 cm³/mol. The first-order valence-corrected chi connectivity index (χ1v) is 18.3. The number of carbonyl (C=O) groups excluding carboxylic acids is 2. The molecule has 0 spiro atoms. The van der Waals surface area contributed by atoms with Gasteiger partial charge in [-0.3, -0.25) is 19.3 Å². The lowest BCUT2D eigenvalue weighted by Crippen LogP contribution is -2.27. The van der Waals surface area contributed by atoms with Gasteiger partial charge >= 0.3 is 11.9 Å². The Hall–Kier alpha value is -4.80. The van der Waals surface area contributed by atoms with Gasteiger partial charge in [0.2, 0.25) is 0 Å². The molecule has 10 heteroatoms. The Bertz CT molecular complexity index is 1850. The van der Waals surface area contributed by atoms with E-state index in [2.05, 4.69) is 15.5 Å². The van der Waals surface area contributed by atoms with Crippen molar-refractivity contribution >= 4 is 45.8 Å². The zero-order valence-electron chi connectivity index (χ0n) is 28.1. The fourth-order valence-electron chi connectivity index (χ4n) is 6.59. The molecule has 0 aliphatic heterocycles. The van der Waals surface area contributed by atoms with E-state index in [-0.39, 0.29) is 23.8 Å². The highest BCUT2D eigenvalue weighted by atomic mass is 32.1. The number of rotatable bonds is 16. The van der Waals surface area contributed by atoms with Crippen LogP contribution in [0.2, 0.25) is 0 Å². The fourth-order valence-corrected chi connectivity index (χ4v) is 7.87. The van der Waals surface area contributed by atoms with Gasteiger partial charge in [0.25, 0.3) is 11.8 Å². The van der Waals surface area contributed by atoms with Crippen LogP contribution in [0.5, 0.6) is 0 Å². The molecule has 0 radical (unpaired) electrons. The quantitative estimate of drug-likeness (QED) is 0.0879. The monoisotopic (exact) mass is 693 g/mol. The number of carboxylic acids is 2. The van der Waals surface area contributed by atoms with Gasteiger partial charge in [-0.15, -0.1) is 11.3 Å². The van der Waals surface area contributed by atoms with Crippen LogP contribution in [0.25, 0.3) is 0 Å². The van der Waals surface area contributed by atoms with Gasteiger partial charge in [0.15, 0.2) is 0 Å². The Kier molecular flexibility index (Phi) is 11.4. The second kappa shape index (κ2) is 16.3. The standard InChI is InChI=1S/C40H43N3O6S/c44-35(45)10-3-4-23-43(32-21-22-32)25-28-6-5-7-30(24-28)37(46)42-39-36(33-8-1-2-9-34(33)50-39)38(47)41-31-19-15-27(16-20-31)12-11-26-13-17-29(18-14-26)40(48)49/h5-7,13-20,24,32H,1-4,8-12,21-23,25H2,(H,41,47)(H,42,46)(H,44,45)(H,48,49). The SMILES string of the molecule is O=C(O)CCCCN(Cc1cccc(C(=O)Nc2sc3c(c2C(=O)Nc2ccc(CCc4ccc(C(=O)O)cc4)cc2)CCCC3)c1)C1CC1. The number of nitrogens with one attached hydrogen (secondary N) is 2. The molecule has 3 aromatic carbocycles. The smallest absolute Gasteiger partial charge is 0.335 e. The molecule has 0 unspecified atom stereocenters. The van der Waals surface area contributed by atoms with E-state index in [0.29, 0.717) is 40.8 Å². The first-order valence-electron chi connectivity index (χ1n) is 17.5. The van der Waals surface area contributed by atoms with Crippen LogP contribution >= 0.6 is 11.3 Å². The Morgan fingerprint density at radius 2 is 1.46 bits per heavy atom. The highest BCUT2D eigenvalue weighted by Crippen LogP contribution is 2.39. The Morgan fingerprint density at radius 3 is 2.14 bits per heavy atom. The first-order chi connectivity index (χ1) is 24.2. The summed E-state index contributed by atoms with van der Waals surface area (Å²) in [5.74, 6) is -2.18. The van der Waals surface area contributed by atoms with Crippen LogP contribution in [0.1, 0.15) is 103 Å². The molecule has 0 saturated heterocycles. The van der Waals surface area contributed by atoms with Crippen LogP contribution in [-0.2, 0) is 37.0 Å². The number of amides is 2. The van der Waals surface area contributed by atoms with Gasteiger partial charge in [-0.2, -0.15) is 0 Å². The number of aryl methyl sites for hydroxylation is 3. The molecule has 1 saturated carbocycles. The number of nitrogens with zero attached hydrogens (tertiary/aromatic N) is 1. The lowest BCUT2D eigenvalue weighted by atomic mass is 9.95. The second-order valence-electron chi connectivity index (χ2n) is 13.3. The van der Waals surface area contributed by atoms with Crippen molar-refractivity contribution in [3.8, 4) is 0 Å². The fraction of sp³-hybridized carbons (Fsp3) is 0.350. The second-order valence-corrected chi connectivity index (χ2v) is 14.4. The maximum atomic E-state index is 13.8. The number of thiophene rings is 1. The minimum absolute atomic E-state index is 0.183. The summed E-state index contributed by atoms with van der Waals surface area (Å²) in [7, 11) is 0. The van der Waals surface area contributed by atoms with Crippen molar-refractivity contribution in [1.29, 1.82) is 0 Å². The first kappa shape index (κ1) is 35.0. The predicted octanol–water partition coefficient (Wildman–Crippen LogP) is 7.83. The summed E-state index contributed by atoms with van der Waals surface area (Å²) in [5.41, 5.74) is 6.25. The Balaban J connectivity index is 1.10. The number of carbonyl (C=O) groups is 4. The summed E-state index contributed by atoms with van der Waals surface area (Å²) < 4.78 is 0. The topological polar surface area (TPSA) is 136 Å². The number of aliphatic carboxylic acids is 1. The van der Waals surface area contributed by atoms with Crippen molar-refractivity contribution < 1.29 is 29.4 Å². The van der Waals surface area contributed by atoms with Gasteiger partial charge in [0.1, 0.15) is 5.00 Å². The minimum Gasteiger partial charge on any atom is -0.481 e. The van der Waals surface area contributed by atoms with Gasteiger partial charge in [0, 0.05) is 35.1 Å². The van der Waals surface area contributed by atoms with Crippen molar-refractivity contribution in [2.75, 3.05) is 17.2 Å². The summed E-state index contributed by atoms with van der Waals surface area (Å²) in [5, 5.41) is 24.8. The molecule has 2 amide bonds. The van der Waals surface area contributed by atoms with Gasteiger partial charge in [-0.25, -0.2) is 4.79 Å². The lowest BCUT2D eigenvalue weighted by molar-refractivity contribution is -0.137. The van der Waals surface area contributed by atoms with Crippen molar-refractivity contribution in [3.63, 3.8) is 0 Å². The number of carboxylic acid groups (broad SMARTS) is 2. The normalized spacial score (nSPS) is 13.9. The van der Waals surface area contributed by atoms with E-state index in [1.165, 1.54) is 11.3 Å². The zero-order chi connectivity index (χ0) is 35.0. The van der Waals surface area contributed by atoms with Gasteiger partial charge < -0.3 is 20.8 Å². The van der Waals surface area contributed by atoms with E-state index in [1.54, 1.807) is 18.2 Å². The summed E-state index contributed by atoms with van der Waals surface area (Å²) in [4.78, 5) is 53.0. The Morgan fingerprint density at radius 1 is 0.760 bits per heavy atom. The molecular weight excluding hydrogens is 651 g/mol. The van der Waals surface area contributed by atoms with Crippen LogP contribution in [0, 0.1) is 0 Å². The van der Waals surface area contributed by atoms with E-state index in [0.717, 1.165) is 91.5 Å². The highest BCUT2D eigenvalue weighted by molar-refractivity contribution is 7.17. The van der Waals surface area contributed by atoms with E-state index < -0.39 is 11.9 Å². The Labute approximate surface area is 296 Å². The number of anilines is 2. The van der Waals surface area contributed by atoms with Crippen LogP contribution in [0.15, 0.2) is 72.8 Å². The lowest BCUT2D eigenvalue weighted by Gasteiger charge is -2.22. The van der Waals surface area contributed by atoms with Crippen LogP contribution < -0.4 is 10.6 Å². The minimum atomic E-state index is -0.937. The number of hydrogen-bond acceptors (Lipinski definition) is 6. The number of aromatic carboxylic acids is 1. The molecule has 1 heterocycles. The van der Waals surface area contributed by atoms with Crippen LogP contribution in [-0.4, -0.2) is 51.5 Å². The van der Waals surface area contributed by atoms with Crippen molar-refractivity contribution in [2.45, 2.75) is 83.2 Å². The largest absolute Gasteiger partial charge is 0.481 e. The molecule has 50 heavy (non-hydrogen) atoms. The average Bonchev–Trinajstić information content (AvgIpc) is 3.90. The number of fused-ring (bicyclic) bond motifs is 1. The molecule has 4 N–H and O–H groups in total. The zero-order valence-corrected chi connectivity index (χ0v) is 28.9. The molecule has 4 aromatic rings. The maximum Gasteiger partial charge on any atom is 0.335 e. The van der Waals surface area contributed by atoms with E-state index in [4.69, 9.17) is 10.2 Å². The number of hydrogen-bond donors (Lipinski definition) is 4. The molecule has 2 aliphatic carbocycles. The molecule has 9 nitrogen and oxygen atoms in total. The molecule has 260 valence electrons. The molecule has 0 atom stereocenters. The van der Waals surface area contributed by atoms with Crippen LogP contribution in [0.4, 0.5) is 10.7 Å². The number of unbranched alkanes of at least 4 members (excludes halogenated alkanes) is 1. The molecule has 1 aromatic heterocycles.